The zero-order valence-corrected chi connectivity index (χ0v) is 14.5. The van der Waals surface area contributed by atoms with Gasteiger partial charge in [0.2, 0.25) is 0 Å². The van der Waals surface area contributed by atoms with Crippen LogP contribution >= 0.6 is 0 Å². The van der Waals surface area contributed by atoms with Crippen LogP contribution in [0.25, 0.3) is 5.69 Å². The lowest BCUT2D eigenvalue weighted by Gasteiger charge is -2.15. The van der Waals surface area contributed by atoms with Crippen molar-refractivity contribution in [2.24, 2.45) is 0 Å². The molecule has 0 spiro atoms. The molecule has 0 saturated carbocycles. The van der Waals surface area contributed by atoms with Crippen LogP contribution in [0.4, 0.5) is 19.0 Å². The van der Waals surface area contributed by atoms with Crippen LogP contribution in [0.15, 0.2) is 53.3 Å². The molecule has 1 aromatic heterocycles. The highest BCUT2D eigenvalue weighted by Gasteiger charge is 2.21. The molecule has 0 aliphatic heterocycles. The summed E-state index contributed by atoms with van der Waals surface area (Å²) >= 11 is 0. The Labute approximate surface area is 157 Å². The lowest BCUT2D eigenvalue weighted by atomic mass is 10.0. The zero-order chi connectivity index (χ0) is 20.4. The van der Waals surface area contributed by atoms with Crippen molar-refractivity contribution in [3.63, 3.8) is 0 Å². The monoisotopic (exact) mass is 388 g/mol. The number of hydrogen-bond acceptors (Lipinski definition) is 4. The summed E-state index contributed by atoms with van der Waals surface area (Å²) in [6.07, 6.45) is 0.0294. The number of aliphatic hydroxyl groups is 1. The predicted octanol–water partition coefficient (Wildman–Crippen LogP) is 2.60. The number of benzene rings is 2. The van der Waals surface area contributed by atoms with Crippen LogP contribution in [-0.2, 0) is 6.42 Å². The van der Waals surface area contributed by atoms with Gasteiger partial charge in [0.15, 0.2) is 17.4 Å². The lowest BCUT2D eigenvalue weighted by Crippen LogP contribution is -2.25. The number of nitrogens with zero attached hydrogens (tertiary/aromatic N) is 1. The molecule has 0 unspecified atom stereocenters. The van der Waals surface area contributed by atoms with Crippen LogP contribution in [0.2, 0.25) is 0 Å². The smallest absolute Gasteiger partial charge is 0.256 e. The summed E-state index contributed by atoms with van der Waals surface area (Å²) in [6, 6.07) is 8.71. The van der Waals surface area contributed by atoms with E-state index in [2.05, 4.69) is 0 Å². The molecule has 3 aromatic rings. The molecule has 144 valence electrons. The fraction of sp³-hybridized carbons (Fsp3) is 0.100. The first kappa shape index (κ1) is 19.4. The Balaban J connectivity index is 2.16. The fourth-order valence-electron chi connectivity index (χ4n) is 2.84. The summed E-state index contributed by atoms with van der Waals surface area (Å²) in [6.45, 7) is -0.304. The molecule has 0 atom stereocenters. The van der Waals surface area contributed by atoms with E-state index < -0.39 is 40.3 Å². The number of hydrogen-bond donors (Lipinski definition) is 2. The van der Waals surface area contributed by atoms with Gasteiger partial charge in [-0.15, -0.1) is 0 Å². The van der Waals surface area contributed by atoms with E-state index in [4.69, 9.17) is 10.8 Å². The first-order valence-electron chi connectivity index (χ1n) is 8.24. The maximum atomic E-state index is 14.5. The summed E-state index contributed by atoms with van der Waals surface area (Å²) in [5.41, 5.74) is 4.49. The number of carbonyl (C=O) groups excluding carboxylic acids is 1. The second-order valence-electron chi connectivity index (χ2n) is 6.02. The van der Waals surface area contributed by atoms with Crippen LogP contribution in [-0.4, -0.2) is 22.1 Å². The lowest BCUT2D eigenvalue weighted by molar-refractivity contribution is 0.103. The minimum absolute atomic E-state index is 0.0294. The highest BCUT2D eigenvalue weighted by atomic mass is 19.1. The van der Waals surface area contributed by atoms with Crippen molar-refractivity contribution in [3.8, 4) is 5.69 Å². The van der Waals surface area contributed by atoms with Gasteiger partial charge < -0.3 is 10.8 Å². The number of aromatic nitrogens is 1. The van der Waals surface area contributed by atoms with Crippen molar-refractivity contribution in [3.05, 3.63) is 93.0 Å². The van der Waals surface area contributed by atoms with Crippen LogP contribution in [0.1, 0.15) is 21.5 Å². The van der Waals surface area contributed by atoms with Gasteiger partial charge in [-0.1, -0.05) is 0 Å². The van der Waals surface area contributed by atoms with E-state index in [9.17, 15) is 22.8 Å². The van der Waals surface area contributed by atoms with E-state index in [-0.39, 0.29) is 29.7 Å². The largest absolute Gasteiger partial charge is 0.396 e. The predicted molar refractivity (Wildman–Crippen MR) is 97.0 cm³/mol. The average Bonchev–Trinajstić information content (AvgIpc) is 2.64. The van der Waals surface area contributed by atoms with Gasteiger partial charge in [0.25, 0.3) is 5.56 Å². The Bertz CT molecular complexity index is 1090. The van der Waals surface area contributed by atoms with Crippen LogP contribution in [0.5, 0.6) is 0 Å². The van der Waals surface area contributed by atoms with Gasteiger partial charge in [-0.05, 0) is 54.4 Å². The first-order chi connectivity index (χ1) is 13.3. The number of nitrogen functional groups attached to an aromatic ring is 1. The molecule has 0 aliphatic carbocycles. The van der Waals surface area contributed by atoms with Crippen molar-refractivity contribution in [2.45, 2.75) is 6.42 Å². The number of pyridine rings is 1. The minimum Gasteiger partial charge on any atom is -0.396 e. The molecule has 0 saturated heterocycles. The average molecular weight is 388 g/mol. The van der Waals surface area contributed by atoms with Gasteiger partial charge in [-0.3, -0.25) is 14.2 Å². The Morgan fingerprint density at radius 1 is 1.00 bits per heavy atom. The van der Waals surface area contributed by atoms with Crippen LogP contribution in [0.3, 0.4) is 0 Å². The van der Waals surface area contributed by atoms with Crippen LogP contribution in [0, 0.1) is 17.5 Å². The molecule has 3 rings (SSSR count). The highest BCUT2D eigenvalue weighted by molar-refractivity contribution is 6.11. The second kappa shape index (κ2) is 7.69. The summed E-state index contributed by atoms with van der Waals surface area (Å²) < 4.78 is 42.7. The van der Waals surface area contributed by atoms with Crippen molar-refractivity contribution in [1.29, 1.82) is 0 Å². The summed E-state index contributed by atoms with van der Waals surface area (Å²) in [5, 5.41) is 8.92. The summed E-state index contributed by atoms with van der Waals surface area (Å²) in [4.78, 5) is 24.9. The molecule has 3 N–H and O–H groups in total. The molecule has 0 bridgehead atoms. The molecule has 8 heteroatoms. The van der Waals surface area contributed by atoms with Gasteiger partial charge in [0.05, 0.1) is 5.56 Å². The zero-order valence-electron chi connectivity index (χ0n) is 14.5. The van der Waals surface area contributed by atoms with Crippen molar-refractivity contribution >= 4 is 11.6 Å². The number of anilines is 1. The molecule has 5 nitrogen and oxygen atoms in total. The van der Waals surface area contributed by atoms with E-state index in [0.29, 0.717) is 4.57 Å². The molecule has 0 aliphatic rings. The quantitative estimate of drug-likeness (QED) is 0.658. The molecule has 28 heavy (non-hydrogen) atoms. The van der Waals surface area contributed by atoms with E-state index in [1.54, 1.807) is 0 Å². The molecule has 2 aromatic carbocycles. The molecule has 0 fully saturated rings. The Hall–Kier alpha value is -3.39. The van der Waals surface area contributed by atoms with E-state index in [1.807, 2.05) is 0 Å². The summed E-state index contributed by atoms with van der Waals surface area (Å²) in [7, 11) is 0. The summed E-state index contributed by atoms with van der Waals surface area (Å²) in [5.74, 6) is -3.76. The third kappa shape index (κ3) is 3.54. The number of carbonyl (C=O) groups is 1. The first-order valence-corrected chi connectivity index (χ1v) is 8.24. The standard InChI is InChI=1S/C20H15F3N2O3/c21-13-3-1-12(2-4-13)19(28)14-5-6-17(27)25(20(14)24)18-15(22)9-11(7-8-26)10-16(18)23/h1-6,9-10,26H,7-8,24H2. The second-order valence-corrected chi connectivity index (χ2v) is 6.02. The van der Waals surface area contributed by atoms with Gasteiger partial charge in [0.1, 0.15) is 17.3 Å². The van der Waals surface area contributed by atoms with Crippen molar-refractivity contribution < 1.29 is 23.1 Å². The molecule has 0 radical (unpaired) electrons. The molecule has 1 heterocycles. The number of rotatable bonds is 5. The molecule has 0 amide bonds. The number of nitrogens with two attached hydrogens (primary N) is 1. The third-order valence-corrected chi connectivity index (χ3v) is 4.18. The maximum Gasteiger partial charge on any atom is 0.256 e. The van der Waals surface area contributed by atoms with E-state index in [1.165, 1.54) is 12.1 Å². The third-order valence-electron chi connectivity index (χ3n) is 4.18. The topological polar surface area (TPSA) is 85.3 Å². The van der Waals surface area contributed by atoms with E-state index >= 15 is 0 Å². The maximum absolute atomic E-state index is 14.5. The normalized spacial score (nSPS) is 10.9. The Morgan fingerprint density at radius 2 is 1.61 bits per heavy atom. The molecular weight excluding hydrogens is 373 g/mol. The number of aliphatic hydroxyl groups excluding tert-OH is 1. The number of ketones is 1. The SMILES string of the molecule is Nc1c(C(=O)c2ccc(F)cc2)ccc(=O)n1-c1c(F)cc(CCO)cc1F. The minimum atomic E-state index is -1.07. The van der Waals surface area contributed by atoms with Gasteiger partial charge in [-0.25, -0.2) is 13.2 Å². The highest BCUT2D eigenvalue weighted by Crippen LogP contribution is 2.24. The van der Waals surface area contributed by atoms with Crippen molar-refractivity contribution in [1.82, 2.24) is 4.57 Å². The fourth-order valence-corrected chi connectivity index (χ4v) is 2.84. The van der Waals surface area contributed by atoms with Crippen molar-refractivity contribution in [2.75, 3.05) is 12.3 Å². The van der Waals surface area contributed by atoms with Crippen LogP contribution < -0.4 is 11.3 Å². The Morgan fingerprint density at radius 3 is 2.18 bits per heavy atom. The van der Waals surface area contributed by atoms with Gasteiger partial charge >= 0.3 is 0 Å². The number of halogens is 3. The van der Waals surface area contributed by atoms with Gasteiger partial charge in [-0.2, -0.15) is 0 Å². The van der Waals surface area contributed by atoms with Gasteiger partial charge in [0, 0.05) is 18.2 Å². The Kier molecular flexibility index (Phi) is 5.32. The molecular formula is C20H15F3N2O3. The van der Waals surface area contributed by atoms with E-state index in [0.717, 1.165) is 36.4 Å².